The van der Waals surface area contributed by atoms with Crippen molar-refractivity contribution in [1.82, 2.24) is 4.98 Å². The number of halogens is 1. The Morgan fingerprint density at radius 3 is 2.86 bits per heavy atom. The van der Waals surface area contributed by atoms with Crippen LogP contribution < -0.4 is 0 Å². The zero-order chi connectivity index (χ0) is 10.6. The summed E-state index contributed by atoms with van der Waals surface area (Å²) in [7, 11) is 0. The molecule has 0 spiro atoms. The minimum absolute atomic E-state index is 0.950. The average Bonchev–Trinajstić information content (AvgIpc) is 2.17. The molecule has 0 saturated carbocycles. The number of pyridine rings is 1. The zero-order valence-electron chi connectivity index (χ0n) is 8.51. The SMILES string of the molecule is C=C(CC)c1ncc(Br)cc1SCC. The van der Waals surface area contributed by atoms with Crippen molar-refractivity contribution in [3.05, 3.63) is 29.0 Å². The normalized spacial score (nSPS) is 10.2. The molecule has 0 atom stereocenters. The lowest BCUT2D eigenvalue weighted by atomic mass is 10.1. The second kappa shape index (κ2) is 5.56. The summed E-state index contributed by atoms with van der Waals surface area (Å²) in [5, 5.41) is 0. The second-order valence-corrected chi connectivity index (χ2v) is 5.11. The van der Waals surface area contributed by atoms with Crippen LogP contribution in [0.4, 0.5) is 0 Å². The van der Waals surface area contributed by atoms with Crippen LogP contribution >= 0.6 is 27.7 Å². The largest absolute Gasteiger partial charge is 0.254 e. The summed E-state index contributed by atoms with van der Waals surface area (Å²) in [6.45, 7) is 8.27. The molecule has 3 heteroatoms. The number of allylic oxidation sites excluding steroid dienone is 1. The summed E-state index contributed by atoms with van der Waals surface area (Å²) in [4.78, 5) is 5.62. The Morgan fingerprint density at radius 2 is 2.29 bits per heavy atom. The van der Waals surface area contributed by atoms with Crippen LogP contribution in [0.3, 0.4) is 0 Å². The fraction of sp³-hybridized carbons (Fsp3) is 0.364. The maximum Gasteiger partial charge on any atom is 0.0792 e. The van der Waals surface area contributed by atoms with E-state index in [1.54, 1.807) is 11.8 Å². The molecule has 0 unspecified atom stereocenters. The Morgan fingerprint density at radius 1 is 1.57 bits per heavy atom. The zero-order valence-corrected chi connectivity index (χ0v) is 10.9. The predicted molar refractivity (Wildman–Crippen MR) is 67.7 cm³/mol. The Kier molecular flexibility index (Phi) is 4.69. The van der Waals surface area contributed by atoms with Gasteiger partial charge in [-0.2, -0.15) is 0 Å². The van der Waals surface area contributed by atoms with Gasteiger partial charge in [0.05, 0.1) is 5.69 Å². The number of hydrogen-bond donors (Lipinski definition) is 0. The molecule has 76 valence electrons. The molecule has 0 aliphatic heterocycles. The molecule has 0 fully saturated rings. The highest BCUT2D eigenvalue weighted by atomic mass is 79.9. The first-order chi connectivity index (χ1) is 6.69. The summed E-state index contributed by atoms with van der Waals surface area (Å²) in [6.07, 6.45) is 2.78. The molecular weight excluding hydrogens is 258 g/mol. The molecule has 0 bridgehead atoms. The Labute approximate surface area is 98.1 Å². The third-order valence-electron chi connectivity index (χ3n) is 1.88. The number of aromatic nitrogens is 1. The van der Waals surface area contributed by atoms with Gasteiger partial charge in [-0.3, -0.25) is 4.98 Å². The lowest BCUT2D eigenvalue weighted by Crippen LogP contribution is -1.91. The molecule has 1 aromatic rings. The van der Waals surface area contributed by atoms with Crippen LogP contribution in [0.2, 0.25) is 0 Å². The highest BCUT2D eigenvalue weighted by Crippen LogP contribution is 2.29. The van der Waals surface area contributed by atoms with E-state index in [0.29, 0.717) is 0 Å². The van der Waals surface area contributed by atoms with Crippen molar-refractivity contribution in [3.8, 4) is 0 Å². The van der Waals surface area contributed by atoms with E-state index >= 15 is 0 Å². The molecule has 0 radical (unpaired) electrons. The van der Waals surface area contributed by atoms with Crippen molar-refractivity contribution >= 4 is 33.3 Å². The van der Waals surface area contributed by atoms with E-state index in [1.807, 2.05) is 6.20 Å². The summed E-state index contributed by atoms with van der Waals surface area (Å²) in [5.74, 6) is 1.06. The molecule has 0 aliphatic carbocycles. The van der Waals surface area contributed by atoms with Gasteiger partial charge in [-0.15, -0.1) is 11.8 Å². The fourth-order valence-electron chi connectivity index (χ4n) is 1.12. The molecule has 14 heavy (non-hydrogen) atoms. The topological polar surface area (TPSA) is 12.9 Å². The quantitative estimate of drug-likeness (QED) is 0.754. The van der Waals surface area contributed by atoms with Crippen molar-refractivity contribution in [2.45, 2.75) is 25.2 Å². The lowest BCUT2D eigenvalue weighted by Gasteiger charge is -2.08. The lowest BCUT2D eigenvalue weighted by molar-refractivity contribution is 1.12. The van der Waals surface area contributed by atoms with Crippen LogP contribution in [0.15, 0.2) is 28.2 Å². The standard InChI is InChI=1S/C11H14BrNS/c1-4-8(3)11-10(14-5-2)6-9(12)7-13-11/h6-7H,3-5H2,1-2H3. The van der Waals surface area contributed by atoms with E-state index in [2.05, 4.69) is 47.4 Å². The van der Waals surface area contributed by atoms with E-state index in [1.165, 1.54) is 4.90 Å². The van der Waals surface area contributed by atoms with Gasteiger partial charge in [0.2, 0.25) is 0 Å². The van der Waals surface area contributed by atoms with Crippen LogP contribution in [0.5, 0.6) is 0 Å². The van der Waals surface area contributed by atoms with Gasteiger partial charge in [0.1, 0.15) is 0 Å². The van der Waals surface area contributed by atoms with Crippen molar-refractivity contribution in [1.29, 1.82) is 0 Å². The van der Waals surface area contributed by atoms with E-state index in [9.17, 15) is 0 Å². The molecule has 0 N–H and O–H groups in total. The summed E-state index contributed by atoms with van der Waals surface area (Å²) in [5.41, 5.74) is 2.15. The Bertz CT molecular complexity index is 336. The van der Waals surface area contributed by atoms with Crippen molar-refractivity contribution in [2.24, 2.45) is 0 Å². The molecule has 1 nitrogen and oxygen atoms in total. The molecule has 0 aromatic carbocycles. The molecular formula is C11H14BrNS. The highest BCUT2D eigenvalue weighted by molar-refractivity contribution is 9.10. The second-order valence-electron chi connectivity index (χ2n) is 2.89. The van der Waals surface area contributed by atoms with E-state index < -0.39 is 0 Å². The van der Waals surface area contributed by atoms with E-state index in [4.69, 9.17) is 0 Å². The first kappa shape index (κ1) is 11.8. The summed E-state index contributed by atoms with van der Waals surface area (Å²) in [6, 6.07) is 2.11. The first-order valence-electron chi connectivity index (χ1n) is 4.65. The van der Waals surface area contributed by atoms with Gasteiger partial charge in [0.15, 0.2) is 0 Å². The van der Waals surface area contributed by atoms with Gasteiger partial charge in [-0.25, -0.2) is 0 Å². The maximum absolute atomic E-state index is 4.40. The van der Waals surface area contributed by atoms with Gasteiger partial charge in [-0.1, -0.05) is 20.4 Å². The van der Waals surface area contributed by atoms with Crippen LogP contribution in [0.1, 0.15) is 26.0 Å². The fourth-order valence-corrected chi connectivity index (χ4v) is 2.46. The third-order valence-corrected chi connectivity index (χ3v) is 3.23. The minimum atomic E-state index is 0.950. The molecule has 1 aromatic heterocycles. The van der Waals surface area contributed by atoms with Gasteiger partial charge in [-0.05, 0) is 39.7 Å². The Hall–Kier alpha value is -0.280. The van der Waals surface area contributed by atoms with Crippen molar-refractivity contribution in [3.63, 3.8) is 0 Å². The van der Waals surface area contributed by atoms with Gasteiger partial charge >= 0.3 is 0 Å². The predicted octanol–water partition coefficient (Wildman–Crippen LogP) is 4.38. The summed E-state index contributed by atoms with van der Waals surface area (Å²) >= 11 is 5.24. The highest BCUT2D eigenvalue weighted by Gasteiger charge is 2.06. The first-order valence-corrected chi connectivity index (χ1v) is 6.43. The van der Waals surface area contributed by atoms with Gasteiger partial charge in [0, 0.05) is 15.6 Å². The smallest absolute Gasteiger partial charge is 0.0792 e. The molecule has 1 heterocycles. The number of rotatable bonds is 4. The van der Waals surface area contributed by atoms with Crippen LogP contribution in [0.25, 0.3) is 5.57 Å². The van der Waals surface area contributed by atoms with Crippen molar-refractivity contribution < 1.29 is 0 Å². The Balaban J connectivity index is 3.07. The van der Waals surface area contributed by atoms with E-state index in [0.717, 1.165) is 27.9 Å². The summed E-state index contributed by atoms with van der Waals surface area (Å²) < 4.78 is 1.03. The molecule has 0 amide bonds. The average molecular weight is 272 g/mol. The van der Waals surface area contributed by atoms with Gasteiger partial charge < -0.3 is 0 Å². The van der Waals surface area contributed by atoms with Gasteiger partial charge in [0.25, 0.3) is 0 Å². The maximum atomic E-state index is 4.40. The van der Waals surface area contributed by atoms with E-state index in [-0.39, 0.29) is 0 Å². The molecule has 1 rings (SSSR count). The van der Waals surface area contributed by atoms with Crippen molar-refractivity contribution in [2.75, 3.05) is 5.75 Å². The monoisotopic (exact) mass is 271 g/mol. The van der Waals surface area contributed by atoms with Crippen LogP contribution in [-0.2, 0) is 0 Å². The molecule has 0 saturated heterocycles. The number of nitrogens with zero attached hydrogens (tertiary/aromatic N) is 1. The number of hydrogen-bond acceptors (Lipinski definition) is 2. The number of thioether (sulfide) groups is 1. The minimum Gasteiger partial charge on any atom is -0.254 e. The van der Waals surface area contributed by atoms with Crippen LogP contribution in [-0.4, -0.2) is 10.7 Å². The van der Waals surface area contributed by atoms with Crippen LogP contribution in [0, 0.1) is 0 Å². The molecule has 0 aliphatic rings. The third kappa shape index (κ3) is 2.85.